The number of rotatable bonds is 9. The molecule has 3 rings (SSSR count). The molecule has 5 heteroatoms. The average molecular weight is 403 g/mol. The average Bonchev–Trinajstić information content (AvgIpc) is 2.81. The highest BCUT2D eigenvalue weighted by Crippen LogP contribution is 2.35. The third kappa shape index (κ3) is 4.93. The molecule has 3 aromatic rings. The number of amides is 1. The van der Waals surface area contributed by atoms with Crippen molar-refractivity contribution in [1.82, 2.24) is 5.32 Å². The Kier molecular flexibility index (Phi) is 7.35. The predicted molar refractivity (Wildman–Crippen MR) is 115 cm³/mol. The molecule has 30 heavy (non-hydrogen) atoms. The zero-order valence-corrected chi connectivity index (χ0v) is 16.9. The monoisotopic (exact) mass is 403 g/mol. The highest BCUT2D eigenvalue weighted by Gasteiger charge is 2.45. The van der Waals surface area contributed by atoms with E-state index in [9.17, 15) is 9.59 Å². The number of hydrogen-bond donors (Lipinski definition) is 1. The first-order valence-corrected chi connectivity index (χ1v) is 9.89. The number of carbonyl (C=O) groups excluding carboxylic acids is 2. The molecule has 0 aromatic heterocycles. The topological polar surface area (TPSA) is 64.6 Å². The third-order valence-electron chi connectivity index (χ3n) is 4.68. The molecule has 0 aliphatic carbocycles. The molecule has 0 radical (unpaired) electrons. The molecule has 0 aliphatic rings. The van der Waals surface area contributed by atoms with Gasteiger partial charge in [0.05, 0.1) is 0 Å². The summed E-state index contributed by atoms with van der Waals surface area (Å²) >= 11 is 0. The van der Waals surface area contributed by atoms with Crippen LogP contribution in [0.4, 0.5) is 0 Å². The van der Waals surface area contributed by atoms with Gasteiger partial charge in [-0.3, -0.25) is 4.79 Å². The maximum absolute atomic E-state index is 13.3. The Morgan fingerprint density at radius 3 is 1.80 bits per heavy atom. The normalized spacial score (nSPS) is 11.0. The lowest BCUT2D eigenvalue weighted by molar-refractivity contribution is -0.170. The summed E-state index contributed by atoms with van der Waals surface area (Å²) in [5.41, 5.74) is 0.812. The van der Waals surface area contributed by atoms with Gasteiger partial charge < -0.3 is 14.8 Å². The van der Waals surface area contributed by atoms with E-state index in [2.05, 4.69) is 5.32 Å². The van der Waals surface area contributed by atoms with E-state index < -0.39 is 11.6 Å². The van der Waals surface area contributed by atoms with Crippen LogP contribution in [-0.2, 0) is 31.2 Å². The van der Waals surface area contributed by atoms with Crippen LogP contribution < -0.4 is 5.32 Å². The van der Waals surface area contributed by atoms with Crippen LogP contribution in [0.1, 0.15) is 23.6 Å². The molecule has 0 fully saturated rings. The van der Waals surface area contributed by atoms with Crippen molar-refractivity contribution in [2.45, 2.75) is 19.1 Å². The van der Waals surface area contributed by atoms with Gasteiger partial charge in [0.1, 0.15) is 0 Å². The maximum Gasteiger partial charge on any atom is 0.348 e. The quantitative estimate of drug-likeness (QED) is 0.552. The molecule has 0 spiro atoms. The van der Waals surface area contributed by atoms with Gasteiger partial charge in [-0.15, -0.1) is 0 Å². The van der Waals surface area contributed by atoms with Crippen molar-refractivity contribution in [2.75, 3.05) is 13.2 Å². The van der Waals surface area contributed by atoms with Crippen molar-refractivity contribution in [3.8, 4) is 0 Å². The molecule has 5 nitrogen and oxygen atoms in total. The van der Waals surface area contributed by atoms with Gasteiger partial charge in [-0.05, 0) is 23.6 Å². The highest BCUT2D eigenvalue weighted by molar-refractivity contribution is 5.88. The fourth-order valence-electron chi connectivity index (χ4n) is 3.27. The summed E-state index contributed by atoms with van der Waals surface area (Å²) in [6.45, 7) is 2.09. The minimum Gasteiger partial charge on any atom is -0.453 e. The van der Waals surface area contributed by atoms with Crippen LogP contribution in [-0.4, -0.2) is 25.1 Å². The number of nitrogens with one attached hydrogen (secondary N) is 1. The lowest BCUT2D eigenvalue weighted by Gasteiger charge is -2.32. The van der Waals surface area contributed by atoms with Crippen molar-refractivity contribution < 1.29 is 19.1 Å². The Labute approximate surface area is 176 Å². The molecule has 1 amide bonds. The van der Waals surface area contributed by atoms with Crippen molar-refractivity contribution >= 4 is 11.9 Å². The summed E-state index contributed by atoms with van der Waals surface area (Å²) in [7, 11) is 0. The molecular formula is C25H25NO4. The molecule has 1 N–H and O–H groups in total. The molecule has 0 saturated carbocycles. The Balaban J connectivity index is 1.78. The van der Waals surface area contributed by atoms with Gasteiger partial charge in [0, 0.05) is 13.2 Å². The first-order chi connectivity index (χ1) is 14.7. The predicted octanol–water partition coefficient (Wildman–Crippen LogP) is 3.83. The molecule has 3 aromatic carbocycles. The van der Waals surface area contributed by atoms with E-state index in [1.54, 1.807) is 0 Å². The summed E-state index contributed by atoms with van der Waals surface area (Å²) in [4.78, 5) is 25.6. The van der Waals surface area contributed by atoms with Crippen LogP contribution in [0.3, 0.4) is 0 Å². The minimum absolute atomic E-state index is 0.291. The van der Waals surface area contributed by atoms with E-state index in [1.165, 1.54) is 0 Å². The van der Waals surface area contributed by atoms with Crippen molar-refractivity contribution in [3.63, 3.8) is 0 Å². The van der Waals surface area contributed by atoms with Crippen molar-refractivity contribution in [3.05, 3.63) is 108 Å². The molecule has 0 unspecified atom stereocenters. The van der Waals surface area contributed by atoms with Gasteiger partial charge in [-0.25, -0.2) is 4.79 Å². The van der Waals surface area contributed by atoms with Crippen LogP contribution >= 0.6 is 0 Å². The van der Waals surface area contributed by atoms with Crippen LogP contribution in [0.15, 0.2) is 91.0 Å². The standard InChI is InChI=1S/C25H25NO4/c1-2-30-25(21-14-8-4-9-15-21,22-16-10-5-11-17-22)24(28)29-19-23(27)26-18-20-12-6-3-7-13-20/h3-17H,2,18-19H2,1H3,(H,26,27). The lowest BCUT2D eigenvalue weighted by atomic mass is 9.86. The summed E-state index contributed by atoms with van der Waals surface area (Å²) in [5.74, 6) is -1.00. The van der Waals surface area contributed by atoms with Gasteiger partial charge in [0.15, 0.2) is 6.61 Å². The number of ether oxygens (including phenoxy) is 2. The zero-order chi connectivity index (χ0) is 21.2. The van der Waals surface area contributed by atoms with Crippen LogP contribution in [0.25, 0.3) is 0 Å². The van der Waals surface area contributed by atoms with Gasteiger partial charge in [0.25, 0.3) is 5.91 Å². The maximum atomic E-state index is 13.3. The Hall–Kier alpha value is -3.44. The Bertz CT molecular complexity index is 903. The number of benzene rings is 3. The van der Waals surface area contributed by atoms with Crippen molar-refractivity contribution in [1.29, 1.82) is 0 Å². The van der Waals surface area contributed by atoms with Crippen LogP contribution in [0, 0.1) is 0 Å². The van der Waals surface area contributed by atoms with Crippen LogP contribution in [0.2, 0.25) is 0 Å². The van der Waals surface area contributed by atoms with E-state index in [1.807, 2.05) is 97.9 Å². The van der Waals surface area contributed by atoms with Crippen LogP contribution in [0.5, 0.6) is 0 Å². The SMILES string of the molecule is CCOC(C(=O)OCC(=O)NCc1ccccc1)(c1ccccc1)c1ccccc1. The first-order valence-electron chi connectivity index (χ1n) is 9.89. The first kappa shape index (κ1) is 21.3. The van der Waals surface area contributed by atoms with E-state index in [4.69, 9.17) is 9.47 Å². The molecule has 0 bridgehead atoms. The zero-order valence-electron chi connectivity index (χ0n) is 16.9. The molecule has 0 atom stereocenters. The van der Waals surface area contributed by atoms with Gasteiger partial charge in [-0.1, -0.05) is 91.0 Å². The van der Waals surface area contributed by atoms with Crippen molar-refractivity contribution in [2.24, 2.45) is 0 Å². The largest absolute Gasteiger partial charge is 0.453 e. The summed E-state index contributed by atoms with van der Waals surface area (Å²) in [6.07, 6.45) is 0. The molecule has 0 saturated heterocycles. The second-order valence-corrected chi connectivity index (χ2v) is 6.68. The Morgan fingerprint density at radius 2 is 1.30 bits per heavy atom. The molecule has 0 aliphatic heterocycles. The molecular weight excluding hydrogens is 378 g/mol. The highest BCUT2D eigenvalue weighted by atomic mass is 16.6. The van der Waals surface area contributed by atoms with E-state index >= 15 is 0 Å². The number of esters is 1. The van der Waals surface area contributed by atoms with Gasteiger partial charge in [-0.2, -0.15) is 0 Å². The Morgan fingerprint density at radius 1 is 0.800 bits per heavy atom. The molecule has 0 heterocycles. The van der Waals surface area contributed by atoms with Gasteiger partial charge >= 0.3 is 5.97 Å². The second-order valence-electron chi connectivity index (χ2n) is 6.68. The third-order valence-corrected chi connectivity index (χ3v) is 4.68. The number of hydrogen-bond acceptors (Lipinski definition) is 4. The minimum atomic E-state index is -1.45. The fourth-order valence-corrected chi connectivity index (χ4v) is 3.27. The van der Waals surface area contributed by atoms with Gasteiger partial charge in [0.2, 0.25) is 5.60 Å². The van der Waals surface area contributed by atoms with E-state index in [0.717, 1.165) is 5.56 Å². The van der Waals surface area contributed by atoms with E-state index in [0.29, 0.717) is 24.3 Å². The summed E-state index contributed by atoms with van der Waals surface area (Å²) in [5, 5.41) is 2.76. The number of carbonyl (C=O) groups is 2. The lowest BCUT2D eigenvalue weighted by Crippen LogP contribution is -2.43. The summed E-state index contributed by atoms with van der Waals surface area (Å²) < 4.78 is 11.5. The second kappa shape index (κ2) is 10.4. The smallest absolute Gasteiger partial charge is 0.348 e. The fraction of sp³-hybridized carbons (Fsp3) is 0.200. The summed E-state index contributed by atoms with van der Waals surface area (Å²) in [6, 6.07) is 27.9. The molecule has 154 valence electrons. The van der Waals surface area contributed by atoms with E-state index in [-0.39, 0.29) is 12.5 Å².